The summed E-state index contributed by atoms with van der Waals surface area (Å²) in [5, 5.41) is 0. The molecule has 19 heavy (non-hydrogen) atoms. The molecule has 1 aliphatic carbocycles. The molecule has 0 spiro atoms. The van der Waals surface area contributed by atoms with Crippen molar-refractivity contribution in [1.82, 2.24) is 4.57 Å². The van der Waals surface area contributed by atoms with E-state index in [1.54, 1.807) is 13.1 Å². The van der Waals surface area contributed by atoms with Crippen molar-refractivity contribution in [2.24, 2.45) is 13.0 Å². The lowest BCUT2D eigenvalue weighted by molar-refractivity contribution is -0.144. The number of oxazole rings is 1. The monoisotopic (exact) mass is 261 g/mol. The molecule has 0 radical (unpaired) electrons. The van der Waals surface area contributed by atoms with E-state index in [0.717, 1.165) is 12.0 Å². The molecule has 1 heterocycles. The van der Waals surface area contributed by atoms with E-state index in [0.29, 0.717) is 11.1 Å². The van der Waals surface area contributed by atoms with Gasteiger partial charge >= 0.3 is 11.7 Å². The maximum atomic E-state index is 12.0. The highest BCUT2D eigenvalue weighted by Crippen LogP contribution is 2.55. The van der Waals surface area contributed by atoms with Gasteiger partial charge in [-0.2, -0.15) is 0 Å². The Kier molecular flexibility index (Phi) is 2.36. The summed E-state index contributed by atoms with van der Waals surface area (Å²) in [6.45, 7) is 2.02. The fourth-order valence-corrected chi connectivity index (χ4v) is 2.82. The summed E-state index contributed by atoms with van der Waals surface area (Å²) >= 11 is 0. The number of carbonyl (C=O) groups is 1. The van der Waals surface area contributed by atoms with E-state index in [-0.39, 0.29) is 11.9 Å². The number of hydrogen-bond acceptors (Lipinski definition) is 4. The number of benzene rings is 1. The fourth-order valence-electron chi connectivity index (χ4n) is 2.82. The van der Waals surface area contributed by atoms with Crippen LogP contribution in [0.15, 0.2) is 27.4 Å². The van der Waals surface area contributed by atoms with Crippen LogP contribution in [0.1, 0.15) is 18.9 Å². The summed E-state index contributed by atoms with van der Waals surface area (Å²) in [6.07, 6.45) is 0.775. The molecule has 2 aromatic rings. The Bertz CT molecular complexity index is 727. The van der Waals surface area contributed by atoms with Gasteiger partial charge in [-0.15, -0.1) is 0 Å². The molecule has 0 saturated heterocycles. The van der Waals surface area contributed by atoms with Crippen LogP contribution in [-0.2, 0) is 22.0 Å². The smallest absolute Gasteiger partial charge is 0.419 e. The van der Waals surface area contributed by atoms with Crippen molar-refractivity contribution in [1.29, 1.82) is 0 Å². The highest BCUT2D eigenvalue weighted by atomic mass is 16.5. The Morgan fingerprint density at radius 2 is 2.21 bits per heavy atom. The summed E-state index contributed by atoms with van der Waals surface area (Å²) in [6, 6.07) is 5.42. The van der Waals surface area contributed by atoms with Crippen molar-refractivity contribution < 1.29 is 13.9 Å². The molecule has 1 aliphatic rings. The minimum Gasteiger partial charge on any atom is -0.468 e. The number of aromatic nitrogens is 1. The second kappa shape index (κ2) is 3.73. The average molecular weight is 261 g/mol. The lowest BCUT2D eigenvalue weighted by Gasteiger charge is -2.14. The number of carbonyl (C=O) groups excluding carboxylic acids is 1. The lowest BCUT2D eigenvalue weighted by Crippen LogP contribution is -2.24. The van der Waals surface area contributed by atoms with Crippen LogP contribution < -0.4 is 5.76 Å². The second-order valence-corrected chi connectivity index (χ2v) is 5.18. The van der Waals surface area contributed by atoms with Gasteiger partial charge in [0.2, 0.25) is 0 Å². The van der Waals surface area contributed by atoms with Crippen molar-refractivity contribution in [3.63, 3.8) is 0 Å². The summed E-state index contributed by atoms with van der Waals surface area (Å²) in [7, 11) is 3.06. The molecule has 1 fully saturated rings. The van der Waals surface area contributed by atoms with Crippen molar-refractivity contribution in [2.75, 3.05) is 7.11 Å². The summed E-state index contributed by atoms with van der Waals surface area (Å²) < 4.78 is 11.5. The normalized spacial score (nSPS) is 25.5. The molecule has 5 heteroatoms. The highest BCUT2D eigenvalue weighted by molar-refractivity contribution is 5.89. The third-order valence-corrected chi connectivity index (χ3v) is 4.17. The van der Waals surface area contributed by atoms with Crippen molar-refractivity contribution >= 4 is 17.1 Å². The zero-order chi connectivity index (χ0) is 13.8. The molecule has 1 aromatic carbocycles. The maximum Gasteiger partial charge on any atom is 0.419 e. The van der Waals surface area contributed by atoms with Crippen LogP contribution >= 0.6 is 0 Å². The number of hydrogen-bond donors (Lipinski definition) is 0. The van der Waals surface area contributed by atoms with Crippen molar-refractivity contribution in [3.05, 3.63) is 34.3 Å². The highest BCUT2D eigenvalue weighted by Gasteiger charge is 2.59. The van der Waals surface area contributed by atoms with E-state index in [1.165, 1.54) is 11.7 Å². The number of nitrogens with zero attached hydrogens (tertiary/aromatic N) is 1. The van der Waals surface area contributed by atoms with Crippen molar-refractivity contribution in [2.45, 2.75) is 18.8 Å². The van der Waals surface area contributed by atoms with Crippen LogP contribution in [0, 0.1) is 5.92 Å². The molecule has 1 saturated carbocycles. The number of ether oxygens (including phenoxy) is 1. The van der Waals surface area contributed by atoms with Gasteiger partial charge in [0.25, 0.3) is 0 Å². The summed E-state index contributed by atoms with van der Waals surface area (Å²) in [5.41, 5.74) is 1.56. The second-order valence-electron chi connectivity index (χ2n) is 5.18. The van der Waals surface area contributed by atoms with Crippen LogP contribution in [0.4, 0.5) is 0 Å². The Balaban J connectivity index is 2.18. The number of aryl methyl sites for hydroxylation is 1. The van der Waals surface area contributed by atoms with Crippen LogP contribution in [0.25, 0.3) is 11.1 Å². The molecule has 0 N–H and O–H groups in total. The molecule has 5 nitrogen and oxygen atoms in total. The molecule has 2 unspecified atom stereocenters. The zero-order valence-electron chi connectivity index (χ0n) is 11.1. The Hall–Kier alpha value is -2.04. The van der Waals surface area contributed by atoms with Crippen LogP contribution in [0.2, 0.25) is 0 Å². The van der Waals surface area contributed by atoms with Gasteiger partial charge in [-0.25, -0.2) is 4.79 Å². The first-order valence-corrected chi connectivity index (χ1v) is 6.19. The molecule has 2 atom stereocenters. The van der Waals surface area contributed by atoms with Gasteiger partial charge in [0.15, 0.2) is 5.58 Å². The van der Waals surface area contributed by atoms with Gasteiger partial charge in [0.1, 0.15) is 0 Å². The summed E-state index contributed by atoms with van der Waals surface area (Å²) in [5.74, 6) is -0.364. The lowest BCUT2D eigenvalue weighted by atomic mass is 9.93. The zero-order valence-corrected chi connectivity index (χ0v) is 11.1. The van der Waals surface area contributed by atoms with Crippen LogP contribution in [0.3, 0.4) is 0 Å². The standard InChI is InChI=1S/C14H15NO4/c1-8-7-14(8,12(16)18-3)9-4-5-11-10(6-9)15(2)13(17)19-11/h4-6,8H,7H2,1-3H3. The number of esters is 1. The molecule has 100 valence electrons. The quantitative estimate of drug-likeness (QED) is 0.770. The Morgan fingerprint density at radius 3 is 2.79 bits per heavy atom. The van der Waals surface area contributed by atoms with Crippen molar-refractivity contribution in [3.8, 4) is 0 Å². The molecule has 3 rings (SSSR count). The largest absolute Gasteiger partial charge is 0.468 e. The molecular weight excluding hydrogens is 246 g/mol. The molecule has 0 amide bonds. The van der Waals surface area contributed by atoms with E-state index < -0.39 is 11.2 Å². The average Bonchev–Trinajstić information content (AvgIpc) is 3.01. The third kappa shape index (κ3) is 1.47. The predicted octanol–water partition coefficient (Wildman–Crippen LogP) is 1.58. The summed E-state index contributed by atoms with van der Waals surface area (Å²) in [4.78, 5) is 23.5. The number of methoxy groups -OCH3 is 1. The van der Waals surface area contributed by atoms with E-state index in [2.05, 4.69) is 0 Å². The van der Waals surface area contributed by atoms with Gasteiger partial charge in [0, 0.05) is 7.05 Å². The first-order chi connectivity index (χ1) is 9.00. The topological polar surface area (TPSA) is 61.4 Å². The maximum absolute atomic E-state index is 12.0. The van der Waals surface area contributed by atoms with E-state index >= 15 is 0 Å². The molecular formula is C14H15NO4. The first kappa shape index (κ1) is 12.0. The SMILES string of the molecule is COC(=O)C1(c2ccc3oc(=O)n(C)c3c2)CC1C. The van der Waals surface area contributed by atoms with E-state index in [9.17, 15) is 9.59 Å². The Labute approximate surface area is 109 Å². The van der Waals surface area contributed by atoms with Crippen LogP contribution in [0.5, 0.6) is 0 Å². The molecule has 1 aromatic heterocycles. The minimum atomic E-state index is -0.559. The molecule has 0 bridgehead atoms. The van der Waals surface area contributed by atoms with Gasteiger partial charge in [-0.05, 0) is 30.0 Å². The van der Waals surface area contributed by atoms with Gasteiger partial charge < -0.3 is 9.15 Å². The number of fused-ring (bicyclic) bond motifs is 1. The minimum absolute atomic E-state index is 0.215. The number of rotatable bonds is 2. The van der Waals surface area contributed by atoms with E-state index in [1.807, 2.05) is 19.1 Å². The van der Waals surface area contributed by atoms with Gasteiger partial charge in [0.05, 0.1) is 18.0 Å². The molecule has 0 aliphatic heterocycles. The predicted molar refractivity (Wildman–Crippen MR) is 68.9 cm³/mol. The van der Waals surface area contributed by atoms with E-state index in [4.69, 9.17) is 9.15 Å². The Morgan fingerprint density at radius 1 is 1.53 bits per heavy atom. The fraction of sp³-hybridized carbons (Fsp3) is 0.429. The van der Waals surface area contributed by atoms with Gasteiger partial charge in [-0.1, -0.05) is 13.0 Å². The first-order valence-electron chi connectivity index (χ1n) is 6.19. The van der Waals surface area contributed by atoms with Gasteiger partial charge in [-0.3, -0.25) is 9.36 Å². The van der Waals surface area contributed by atoms with Crippen LogP contribution in [-0.4, -0.2) is 17.6 Å². The third-order valence-electron chi connectivity index (χ3n) is 4.17.